The van der Waals surface area contributed by atoms with E-state index in [2.05, 4.69) is 15.9 Å². The van der Waals surface area contributed by atoms with Gasteiger partial charge in [0.25, 0.3) is 0 Å². The molecule has 0 saturated heterocycles. The van der Waals surface area contributed by atoms with Crippen molar-refractivity contribution in [2.24, 2.45) is 5.73 Å². The third kappa shape index (κ3) is 3.10. The number of halogens is 2. The molecule has 0 aromatic heterocycles. The lowest BCUT2D eigenvalue weighted by molar-refractivity contribution is -0.137. The highest BCUT2D eigenvalue weighted by Crippen LogP contribution is 2.35. The topological polar surface area (TPSA) is 72.5 Å². The third-order valence-corrected chi connectivity index (χ3v) is 3.11. The van der Waals surface area contributed by atoms with Gasteiger partial charge in [0.1, 0.15) is 5.75 Å². The number of nitrogens with two attached hydrogens (primary N) is 1. The van der Waals surface area contributed by atoms with E-state index in [4.69, 9.17) is 27.2 Å². The highest BCUT2D eigenvalue weighted by Gasteiger charge is 2.17. The van der Waals surface area contributed by atoms with Crippen LogP contribution in [0.15, 0.2) is 16.6 Å². The Morgan fingerprint density at radius 2 is 2.31 bits per heavy atom. The van der Waals surface area contributed by atoms with E-state index in [-0.39, 0.29) is 6.42 Å². The Kier molecular flexibility index (Phi) is 4.58. The Labute approximate surface area is 106 Å². The van der Waals surface area contributed by atoms with Gasteiger partial charge in [-0.3, -0.25) is 4.79 Å². The Balaban J connectivity index is 3.12. The first-order valence-corrected chi connectivity index (χ1v) is 5.63. The number of benzene rings is 1. The van der Waals surface area contributed by atoms with E-state index in [0.717, 1.165) is 0 Å². The van der Waals surface area contributed by atoms with Crippen molar-refractivity contribution < 1.29 is 14.6 Å². The van der Waals surface area contributed by atoms with E-state index in [1.54, 1.807) is 12.1 Å². The molecule has 1 aromatic rings. The van der Waals surface area contributed by atoms with E-state index < -0.39 is 12.0 Å². The Morgan fingerprint density at radius 3 is 2.81 bits per heavy atom. The predicted octanol–water partition coefficient (Wildman–Crippen LogP) is 2.59. The lowest BCUT2D eigenvalue weighted by atomic mass is 10.0. The molecule has 0 bridgehead atoms. The van der Waals surface area contributed by atoms with Crippen molar-refractivity contribution in [3.05, 3.63) is 27.2 Å². The molecule has 0 aliphatic rings. The molecular weight excluding hydrogens is 297 g/mol. The molecule has 0 radical (unpaired) electrons. The molecule has 6 heteroatoms. The first-order chi connectivity index (χ1) is 7.45. The van der Waals surface area contributed by atoms with Gasteiger partial charge in [-0.05, 0) is 33.6 Å². The first kappa shape index (κ1) is 13.3. The quantitative estimate of drug-likeness (QED) is 0.896. The van der Waals surface area contributed by atoms with Gasteiger partial charge < -0.3 is 15.6 Å². The number of methoxy groups -OCH3 is 1. The van der Waals surface area contributed by atoms with Gasteiger partial charge in [0.15, 0.2) is 0 Å². The summed E-state index contributed by atoms with van der Waals surface area (Å²) in [6.45, 7) is 0. The van der Waals surface area contributed by atoms with Gasteiger partial charge in [0, 0.05) is 11.1 Å². The zero-order valence-electron chi connectivity index (χ0n) is 8.54. The molecule has 0 aliphatic carbocycles. The minimum atomic E-state index is -0.960. The Hall–Kier alpha value is -0.780. The molecule has 16 heavy (non-hydrogen) atoms. The van der Waals surface area contributed by atoms with Crippen LogP contribution in [0.1, 0.15) is 18.0 Å². The van der Waals surface area contributed by atoms with E-state index in [1.807, 2.05) is 0 Å². The fourth-order valence-corrected chi connectivity index (χ4v) is 2.20. The summed E-state index contributed by atoms with van der Waals surface area (Å²) in [5.41, 5.74) is 6.38. The van der Waals surface area contributed by atoms with E-state index in [0.29, 0.717) is 20.8 Å². The summed E-state index contributed by atoms with van der Waals surface area (Å²) in [5, 5.41) is 9.13. The monoisotopic (exact) mass is 307 g/mol. The molecule has 3 N–H and O–H groups in total. The third-order valence-electron chi connectivity index (χ3n) is 2.05. The molecule has 4 nitrogen and oxygen atoms in total. The average molecular weight is 309 g/mol. The van der Waals surface area contributed by atoms with Crippen LogP contribution in [0.4, 0.5) is 0 Å². The summed E-state index contributed by atoms with van der Waals surface area (Å²) in [7, 11) is 1.50. The molecular formula is C10H11BrClNO3. The number of hydrogen-bond donors (Lipinski definition) is 2. The largest absolute Gasteiger partial charge is 0.496 e. The molecule has 0 amide bonds. The fraction of sp³-hybridized carbons (Fsp3) is 0.300. The maximum Gasteiger partial charge on any atom is 0.305 e. The zero-order chi connectivity index (χ0) is 12.3. The van der Waals surface area contributed by atoms with Gasteiger partial charge >= 0.3 is 5.97 Å². The highest BCUT2D eigenvalue weighted by atomic mass is 79.9. The van der Waals surface area contributed by atoms with E-state index in [1.165, 1.54) is 7.11 Å². The van der Waals surface area contributed by atoms with Crippen molar-refractivity contribution >= 4 is 33.5 Å². The van der Waals surface area contributed by atoms with Crippen LogP contribution in [0.2, 0.25) is 5.02 Å². The molecule has 0 spiro atoms. The van der Waals surface area contributed by atoms with Crippen molar-refractivity contribution in [2.45, 2.75) is 12.5 Å². The first-order valence-electron chi connectivity index (χ1n) is 4.46. The standard InChI is InChI=1S/C10H11BrClNO3/c1-16-8-3-5(12)2-6(10(8)11)7(13)4-9(14)15/h2-3,7H,4,13H2,1H3,(H,14,15). The van der Waals surface area contributed by atoms with Crippen molar-refractivity contribution in [2.75, 3.05) is 7.11 Å². The molecule has 0 aliphatic heterocycles. The number of carboxylic acids is 1. The van der Waals surface area contributed by atoms with E-state index >= 15 is 0 Å². The van der Waals surface area contributed by atoms with Crippen molar-refractivity contribution in [1.82, 2.24) is 0 Å². The van der Waals surface area contributed by atoms with Crippen LogP contribution in [0, 0.1) is 0 Å². The minimum absolute atomic E-state index is 0.165. The van der Waals surface area contributed by atoms with Gasteiger partial charge in [-0.2, -0.15) is 0 Å². The molecule has 0 heterocycles. The van der Waals surface area contributed by atoms with Gasteiger partial charge in [0.05, 0.1) is 18.0 Å². The number of rotatable bonds is 4. The van der Waals surface area contributed by atoms with Gasteiger partial charge in [-0.15, -0.1) is 0 Å². The molecule has 0 saturated carbocycles. The van der Waals surface area contributed by atoms with Crippen molar-refractivity contribution in [3.8, 4) is 5.75 Å². The van der Waals surface area contributed by atoms with Crippen LogP contribution in [0.3, 0.4) is 0 Å². The maximum atomic E-state index is 10.6. The van der Waals surface area contributed by atoms with Gasteiger partial charge in [-0.25, -0.2) is 0 Å². The van der Waals surface area contributed by atoms with Crippen LogP contribution in [-0.4, -0.2) is 18.2 Å². The van der Waals surface area contributed by atoms with Crippen LogP contribution in [0.25, 0.3) is 0 Å². The summed E-state index contributed by atoms with van der Waals surface area (Å²) >= 11 is 9.19. The normalized spacial score (nSPS) is 12.2. The number of hydrogen-bond acceptors (Lipinski definition) is 3. The summed E-state index contributed by atoms with van der Waals surface area (Å²) in [5.74, 6) is -0.429. The van der Waals surface area contributed by atoms with E-state index in [9.17, 15) is 4.79 Å². The zero-order valence-corrected chi connectivity index (χ0v) is 10.9. The molecule has 1 rings (SSSR count). The summed E-state index contributed by atoms with van der Waals surface area (Å²) in [6.07, 6.45) is -0.165. The molecule has 1 unspecified atom stereocenters. The SMILES string of the molecule is COc1cc(Cl)cc(C(N)CC(=O)O)c1Br. The lowest BCUT2D eigenvalue weighted by Gasteiger charge is -2.14. The summed E-state index contributed by atoms with van der Waals surface area (Å²) in [6, 6.07) is 2.63. The minimum Gasteiger partial charge on any atom is -0.496 e. The van der Waals surface area contributed by atoms with Crippen LogP contribution < -0.4 is 10.5 Å². The second-order valence-electron chi connectivity index (χ2n) is 3.22. The van der Waals surface area contributed by atoms with Crippen molar-refractivity contribution in [1.29, 1.82) is 0 Å². The molecule has 1 atom stereocenters. The Bertz CT molecular complexity index is 411. The summed E-state index contributed by atoms with van der Waals surface area (Å²) in [4.78, 5) is 10.6. The predicted molar refractivity (Wildman–Crippen MR) is 64.9 cm³/mol. The van der Waals surface area contributed by atoms with Crippen LogP contribution >= 0.6 is 27.5 Å². The lowest BCUT2D eigenvalue weighted by Crippen LogP contribution is -2.15. The molecule has 88 valence electrons. The average Bonchev–Trinajstić information content (AvgIpc) is 2.19. The molecule has 1 aromatic carbocycles. The Morgan fingerprint density at radius 1 is 1.69 bits per heavy atom. The molecule has 0 fully saturated rings. The number of aliphatic carboxylic acids is 1. The van der Waals surface area contributed by atoms with Gasteiger partial charge in [-0.1, -0.05) is 11.6 Å². The van der Waals surface area contributed by atoms with Crippen LogP contribution in [-0.2, 0) is 4.79 Å². The van der Waals surface area contributed by atoms with Gasteiger partial charge in [0.2, 0.25) is 0 Å². The highest BCUT2D eigenvalue weighted by molar-refractivity contribution is 9.10. The second kappa shape index (κ2) is 5.52. The second-order valence-corrected chi connectivity index (χ2v) is 4.45. The van der Waals surface area contributed by atoms with Crippen LogP contribution in [0.5, 0.6) is 5.75 Å². The number of carboxylic acid groups (broad SMARTS) is 1. The number of ether oxygens (including phenoxy) is 1. The maximum absolute atomic E-state index is 10.6. The number of carbonyl (C=O) groups is 1. The summed E-state index contributed by atoms with van der Waals surface area (Å²) < 4.78 is 5.72. The van der Waals surface area contributed by atoms with Crippen molar-refractivity contribution in [3.63, 3.8) is 0 Å². The smallest absolute Gasteiger partial charge is 0.305 e. The fourth-order valence-electron chi connectivity index (χ4n) is 1.30.